The van der Waals surface area contributed by atoms with Crippen molar-refractivity contribution in [3.05, 3.63) is 58.3 Å². The fourth-order valence-electron chi connectivity index (χ4n) is 2.15. The second-order valence-electron chi connectivity index (χ2n) is 4.48. The molecule has 1 unspecified atom stereocenters. The Labute approximate surface area is 124 Å². The van der Waals surface area contributed by atoms with E-state index < -0.39 is 11.9 Å². The Hall–Kier alpha value is -1.85. The van der Waals surface area contributed by atoms with E-state index in [1.54, 1.807) is 24.3 Å². The Morgan fingerprint density at radius 1 is 1.50 bits per heavy atom. The zero-order valence-electron chi connectivity index (χ0n) is 10.4. The minimum Gasteiger partial charge on any atom is -0.481 e. The molecule has 0 spiro atoms. The van der Waals surface area contributed by atoms with Gasteiger partial charge in [-0.1, -0.05) is 23.7 Å². The van der Waals surface area contributed by atoms with Crippen molar-refractivity contribution in [1.82, 2.24) is 9.38 Å². The molecule has 0 bridgehead atoms. The van der Waals surface area contributed by atoms with Crippen LogP contribution in [0.3, 0.4) is 0 Å². The first kappa shape index (κ1) is 13.1. The van der Waals surface area contributed by atoms with E-state index >= 15 is 0 Å². The van der Waals surface area contributed by atoms with E-state index in [1.807, 2.05) is 22.2 Å². The zero-order valence-corrected chi connectivity index (χ0v) is 11.9. The number of hydrogen-bond donors (Lipinski definition) is 1. The van der Waals surface area contributed by atoms with E-state index in [2.05, 4.69) is 4.98 Å². The molecule has 2 aromatic heterocycles. The third kappa shape index (κ3) is 2.55. The number of halogens is 1. The molecule has 1 atom stereocenters. The van der Waals surface area contributed by atoms with Gasteiger partial charge >= 0.3 is 5.97 Å². The molecular weight excluding hydrogens is 296 g/mol. The minimum atomic E-state index is -0.872. The molecule has 0 radical (unpaired) electrons. The second-order valence-corrected chi connectivity index (χ2v) is 5.78. The first-order chi connectivity index (χ1) is 9.63. The van der Waals surface area contributed by atoms with Crippen LogP contribution in [0.25, 0.3) is 4.96 Å². The maximum atomic E-state index is 11.5. The molecule has 2 heterocycles. The summed E-state index contributed by atoms with van der Waals surface area (Å²) >= 11 is 7.46. The van der Waals surface area contributed by atoms with Crippen molar-refractivity contribution in [3.63, 3.8) is 0 Å². The zero-order chi connectivity index (χ0) is 14.1. The fourth-order valence-corrected chi connectivity index (χ4v) is 3.07. The predicted octanol–water partition coefficient (Wildman–Crippen LogP) is 3.46. The summed E-state index contributed by atoms with van der Waals surface area (Å²) in [5, 5.41) is 11.9. The third-order valence-electron chi connectivity index (χ3n) is 3.11. The van der Waals surface area contributed by atoms with Gasteiger partial charge in [-0.2, -0.15) is 0 Å². The summed E-state index contributed by atoms with van der Waals surface area (Å²) < 4.78 is 1.90. The van der Waals surface area contributed by atoms with Gasteiger partial charge < -0.3 is 5.11 Å². The highest BCUT2D eigenvalue weighted by atomic mass is 35.5. The van der Waals surface area contributed by atoms with E-state index in [-0.39, 0.29) is 0 Å². The number of aromatic nitrogens is 2. The first-order valence-electron chi connectivity index (χ1n) is 6.03. The number of aliphatic carboxylic acids is 1. The number of hydrogen-bond acceptors (Lipinski definition) is 3. The van der Waals surface area contributed by atoms with Gasteiger partial charge in [0.1, 0.15) is 0 Å². The summed E-state index contributed by atoms with van der Waals surface area (Å²) in [6.07, 6.45) is 4.13. The predicted molar refractivity (Wildman–Crippen MR) is 78.6 cm³/mol. The lowest BCUT2D eigenvalue weighted by atomic mass is 9.95. The Balaban J connectivity index is 1.91. The molecule has 0 amide bonds. The van der Waals surface area contributed by atoms with Crippen LogP contribution >= 0.6 is 22.9 Å². The van der Waals surface area contributed by atoms with Crippen molar-refractivity contribution in [2.75, 3.05) is 0 Å². The highest BCUT2D eigenvalue weighted by molar-refractivity contribution is 7.15. The first-order valence-corrected chi connectivity index (χ1v) is 7.28. The van der Waals surface area contributed by atoms with Gasteiger partial charge in [0.2, 0.25) is 0 Å². The lowest BCUT2D eigenvalue weighted by Gasteiger charge is -2.11. The molecule has 0 aliphatic carbocycles. The van der Waals surface area contributed by atoms with E-state index in [1.165, 1.54) is 11.3 Å². The number of carbonyl (C=O) groups is 1. The Morgan fingerprint density at radius 2 is 2.35 bits per heavy atom. The van der Waals surface area contributed by atoms with Crippen LogP contribution in [0.4, 0.5) is 0 Å². The molecule has 1 N–H and O–H groups in total. The van der Waals surface area contributed by atoms with Gasteiger partial charge in [0, 0.05) is 29.2 Å². The molecular formula is C14H11ClN2O2S. The average molecular weight is 307 g/mol. The number of carboxylic acids is 1. The van der Waals surface area contributed by atoms with Crippen molar-refractivity contribution >= 4 is 33.9 Å². The topological polar surface area (TPSA) is 54.6 Å². The SMILES string of the molecule is O=C(O)C(Cc1cn2ccsc2n1)c1cccc(Cl)c1. The van der Waals surface area contributed by atoms with Gasteiger partial charge in [-0.15, -0.1) is 11.3 Å². The monoisotopic (exact) mass is 306 g/mol. The molecule has 0 saturated carbocycles. The molecule has 0 saturated heterocycles. The molecule has 102 valence electrons. The highest BCUT2D eigenvalue weighted by Crippen LogP contribution is 2.24. The smallest absolute Gasteiger partial charge is 0.311 e. The summed E-state index contributed by atoms with van der Waals surface area (Å²) in [6.45, 7) is 0. The quantitative estimate of drug-likeness (QED) is 0.803. The van der Waals surface area contributed by atoms with Gasteiger partial charge in [0.25, 0.3) is 0 Å². The number of fused-ring (bicyclic) bond motifs is 1. The third-order valence-corrected chi connectivity index (χ3v) is 4.11. The van der Waals surface area contributed by atoms with Crippen LogP contribution < -0.4 is 0 Å². The van der Waals surface area contributed by atoms with Crippen molar-refractivity contribution in [2.45, 2.75) is 12.3 Å². The Kier molecular flexibility index (Phi) is 3.46. The molecule has 0 aliphatic rings. The standard InChI is InChI=1S/C14H11ClN2O2S/c15-10-3-1-2-9(6-10)12(13(18)19)7-11-8-17-4-5-20-14(17)16-11/h1-6,8,12H,7H2,(H,18,19). The summed E-state index contributed by atoms with van der Waals surface area (Å²) in [4.78, 5) is 16.8. The summed E-state index contributed by atoms with van der Waals surface area (Å²) in [7, 11) is 0. The van der Waals surface area contributed by atoms with Gasteiger partial charge in [-0.25, -0.2) is 4.98 Å². The average Bonchev–Trinajstić information content (AvgIpc) is 2.96. The number of imidazole rings is 1. The van der Waals surface area contributed by atoms with Gasteiger partial charge in [0.15, 0.2) is 4.96 Å². The van der Waals surface area contributed by atoms with E-state index in [4.69, 9.17) is 11.6 Å². The van der Waals surface area contributed by atoms with Crippen LogP contribution in [-0.4, -0.2) is 20.5 Å². The molecule has 0 fully saturated rings. The van der Waals surface area contributed by atoms with E-state index in [0.29, 0.717) is 17.0 Å². The molecule has 20 heavy (non-hydrogen) atoms. The van der Waals surface area contributed by atoms with Crippen molar-refractivity contribution < 1.29 is 9.90 Å². The van der Waals surface area contributed by atoms with Crippen LogP contribution in [0, 0.1) is 0 Å². The van der Waals surface area contributed by atoms with Gasteiger partial charge in [-0.05, 0) is 17.7 Å². The van der Waals surface area contributed by atoms with E-state index in [0.717, 1.165) is 10.7 Å². The van der Waals surface area contributed by atoms with Crippen molar-refractivity contribution in [3.8, 4) is 0 Å². The van der Waals surface area contributed by atoms with Crippen LogP contribution in [-0.2, 0) is 11.2 Å². The number of thiazole rings is 1. The number of nitrogens with zero attached hydrogens (tertiary/aromatic N) is 2. The largest absolute Gasteiger partial charge is 0.481 e. The molecule has 3 rings (SSSR count). The van der Waals surface area contributed by atoms with Crippen LogP contribution in [0.1, 0.15) is 17.2 Å². The second kappa shape index (κ2) is 5.26. The maximum Gasteiger partial charge on any atom is 0.311 e. The Bertz CT molecular complexity index is 737. The normalized spacial score (nSPS) is 12.7. The number of carboxylic acid groups (broad SMARTS) is 1. The van der Waals surface area contributed by atoms with E-state index in [9.17, 15) is 9.90 Å². The minimum absolute atomic E-state index is 0.351. The molecule has 3 aromatic rings. The summed E-state index contributed by atoms with van der Waals surface area (Å²) in [5.41, 5.74) is 1.46. The molecule has 1 aromatic carbocycles. The molecule has 4 nitrogen and oxygen atoms in total. The van der Waals surface area contributed by atoms with Crippen LogP contribution in [0.5, 0.6) is 0 Å². The fraction of sp³-hybridized carbons (Fsp3) is 0.143. The van der Waals surface area contributed by atoms with Gasteiger partial charge in [0.05, 0.1) is 11.6 Å². The van der Waals surface area contributed by atoms with Crippen LogP contribution in [0.2, 0.25) is 5.02 Å². The summed E-state index contributed by atoms with van der Waals surface area (Å²) in [6, 6.07) is 6.97. The van der Waals surface area contributed by atoms with Crippen molar-refractivity contribution in [2.24, 2.45) is 0 Å². The maximum absolute atomic E-state index is 11.5. The lowest BCUT2D eigenvalue weighted by Crippen LogP contribution is -2.14. The Morgan fingerprint density at radius 3 is 3.05 bits per heavy atom. The van der Waals surface area contributed by atoms with Gasteiger partial charge in [-0.3, -0.25) is 9.20 Å². The van der Waals surface area contributed by atoms with Crippen molar-refractivity contribution in [1.29, 1.82) is 0 Å². The highest BCUT2D eigenvalue weighted by Gasteiger charge is 2.22. The lowest BCUT2D eigenvalue weighted by molar-refractivity contribution is -0.138. The molecule has 0 aliphatic heterocycles. The van der Waals surface area contributed by atoms with Crippen LogP contribution in [0.15, 0.2) is 42.0 Å². The number of benzene rings is 1. The molecule has 6 heteroatoms. The summed E-state index contributed by atoms with van der Waals surface area (Å²) in [5.74, 6) is -1.51. The number of rotatable bonds is 4.